The maximum Gasteiger partial charge on any atom is 0.379 e. The molecule has 0 aliphatic heterocycles. The van der Waals surface area contributed by atoms with Crippen molar-refractivity contribution in [3.05, 3.63) is 59.9 Å². The lowest BCUT2D eigenvalue weighted by Gasteiger charge is -2.08. The monoisotopic (exact) mass is 272 g/mol. The first-order valence-corrected chi connectivity index (χ1v) is 6.20. The number of ketones is 1. The van der Waals surface area contributed by atoms with Gasteiger partial charge in [-0.3, -0.25) is 4.79 Å². The van der Waals surface area contributed by atoms with Crippen molar-refractivity contribution in [3.8, 4) is 11.1 Å². The van der Waals surface area contributed by atoms with Crippen LogP contribution in [0, 0.1) is 5.82 Å². The summed E-state index contributed by atoms with van der Waals surface area (Å²) >= 11 is 0. The Labute approximate surface area is 116 Å². The Morgan fingerprint density at radius 2 is 1.85 bits per heavy atom. The van der Waals surface area contributed by atoms with Crippen LogP contribution in [0.1, 0.15) is 17.3 Å². The van der Waals surface area contributed by atoms with E-state index in [9.17, 15) is 14.0 Å². The van der Waals surface area contributed by atoms with Crippen molar-refractivity contribution in [3.63, 3.8) is 0 Å². The molecular formula is C16H13FO3. The molecule has 4 heteroatoms. The van der Waals surface area contributed by atoms with Crippen LogP contribution < -0.4 is 0 Å². The molecule has 102 valence electrons. The average Bonchev–Trinajstić information content (AvgIpc) is 2.47. The normalized spacial score (nSPS) is 10.1. The predicted octanol–water partition coefficient (Wildman–Crippen LogP) is 3.24. The average molecular weight is 272 g/mol. The third kappa shape index (κ3) is 2.91. The molecule has 0 spiro atoms. The highest BCUT2D eigenvalue weighted by atomic mass is 19.1. The van der Waals surface area contributed by atoms with E-state index in [-0.39, 0.29) is 12.2 Å². The SMILES string of the molecule is CCOC(=O)C(=O)c1ccccc1-c1cccc(F)c1. The van der Waals surface area contributed by atoms with Gasteiger partial charge in [0.15, 0.2) is 0 Å². The van der Waals surface area contributed by atoms with Crippen LogP contribution in [0.4, 0.5) is 4.39 Å². The second-order valence-electron chi connectivity index (χ2n) is 4.11. The summed E-state index contributed by atoms with van der Waals surface area (Å²) < 4.78 is 18.0. The minimum Gasteiger partial charge on any atom is -0.460 e. The van der Waals surface area contributed by atoms with Crippen molar-refractivity contribution in [2.75, 3.05) is 6.61 Å². The van der Waals surface area contributed by atoms with E-state index in [0.29, 0.717) is 11.1 Å². The quantitative estimate of drug-likeness (QED) is 0.487. The van der Waals surface area contributed by atoms with E-state index in [2.05, 4.69) is 0 Å². The van der Waals surface area contributed by atoms with Crippen molar-refractivity contribution in [1.29, 1.82) is 0 Å². The molecule has 20 heavy (non-hydrogen) atoms. The smallest absolute Gasteiger partial charge is 0.379 e. The summed E-state index contributed by atoms with van der Waals surface area (Å²) in [5.74, 6) is -2.04. The summed E-state index contributed by atoms with van der Waals surface area (Å²) in [5.41, 5.74) is 1.25. The van der Waals surface area contributed by atoms with Gasteiger partial charge in [-0.25, -0.2) is 9.18 Å². The summed E-state index contributed by atoms with van der Waals surface area (Å²) in [7, 11) is 0. The fourth-order valence-electron chi connectivity index (χ4n) is 1.90. The van der Waals surface area contributed by atoms with Crippen LogP contribution in [0.15, 0.2) is 48.5 Å². The summed E-state index contributed by atoms with van der Waals surface area (Å²) in [5, 5.41) is 0. The first kappa shape index (κ1) is 13.9. The van der Waals surface area contributed by atoms with Crippen molar-refractivity contribution in [2.24, 2.45) is 0 Å². The highest BCUT2D eigenvalue weighted by Gasteiger charge is 2.21. The summed E-state index contributed by atoms with van der Waals surface area (Å²) in [6, 6.07) is 12.4. The number of Topliss-reactive ketones (excluding diaryl/α,β-unsaturated/α-hetero) is 1. The number of esters is 1. The first-order valence-electron chi connectivity index (χ1n) is 6.20. The van der Waals surface area contributed by atoms with Crippen molar-refractivity contribution < 1.29 is 18.7 Å². The van der Waals surface area contributed by atoms with Crippen LogP contribution in [0.25, 0.3) is 11.1 Å². The largest absolute Gasteiger partial charge is 0.460 e. The maximum atomic E-state index is 13.3. The van der Waals surface area contributed by atoms with Crippen LogP contribution in [0.3, 0.4) is 0 Å². The standard InChI is InChI=1S/C16H13FO3/c1-2-20-16(19)15(18)14-9-4-3-8-13(14)11-6-5-7-12(17)10-11/h3-10H,2H2,1H3. The van der Waals surface area contributed by atoms with Gasteiger partial charge >= 0.3 is 5.97 Å². The molecule has 0 aliphatic carbocycles. The molecule has 0 aromatic heterocycles. The summed E-state index contributed by atoms with van der Waals surface area (Å²) in [4.78, 5) is 23.6. The van der Waals surface area contributed by atoms with E-state index in [1.807, 2.05) is 0 Å². The molecule has 0 amide bonds. The van der Waals surface area contributed by atoms with E-state index in [1.54, 1.807) is 37.3 Å². The Bertz CT molecular complexity index is 650. The van der Waals surface area contributed by atoms with Gasteiger partial charge in [0.05, 0.1) is 6.61 Å². The Kier molecular flexibility index (Phi) is 4.25. The Morgan fingerprint density at radius 1 is 1.10 bits per heavy atom. The van der Waals surface area contributed by atoms with Crippen LogP contribution in [-0.2, 0) is 9.53 Å². The number of hydrogen-bond acceptors (Lipinski definition) is 3. The van der Waals surface area contributed by atoms with Gasteiger partial charge in [-0.15, -0.1) is 0 Å². The topological polar surface area (TPSA) is 43.4 Å². The lowest BCUT2D eigenvalue weighted by molar-refractivity contribution is -0.137. The minimum absolute atomic E-state index is 0.132. The fourth-order valence-corrected chi connectivity index (χ4v) is 1.90. The molecule has 0 atom stereocenters. The Hall–Kier alpha value is -2.49. The summed E-state index contributed by atoms with van der Waals surface area (Å²) in [6.07, 6.45) is 0. The highest BCUT2D eigenvalue weighted by molar-refractivity contribution is 6.41. The number of benzene rings is 2. The minimum atomic E-state index is -0.906. The zero-order chi connectivity index (χ0) is 14.5. The van der Waals surface area contributed by atoms with Crippen molar-refractivity contribution in [1.82, 2.24) is 0 Å². The molecule has 2 aromatic rings. The second-order valence-corrected chi connectivity index (χ2v) is 4.11. The zero-order valence-corrected chi connectivity index (χ0v) is 10.9. The molecule has 0 bridgehead atoms. The van der Waals surface area contributed by atoms with Gasteiger partial charge in [-0.2, -0.15) is 0 Å². The Morgan fingerprint density at radius 3 is 2.55 bits per heavy atom. The van der Waals surface area contributed by atoms with E-state index in [0.717, 1.165) is 0 Å². The molecular weight excluding hydrogens is 259 g/mol. The van der Waals surface area contributed by atoms with Crippen LogP contribution in [0.2, 0.25) is 0 Å². The molecule has 0 saturated heterocycles. The second kappa shape index (κ2) is 6.10. The number of carbonyl (C=O) groups excluding carboxylic acids is 2. The van der Waals surface area contributed by atoms with Gasteiger partial charge in [0, 0.05) is 5.56 Å². The van der Waals surface area contributed by atoms with Gasteiger partial charge < -0.3 is 4.74 Å². The number of ether oxygens (including phenoxy) is 1. The highest BCUT2D eigenvalue weighted by Crippen LogP contribution is 2.24. The molecule has 0 heterocycles. The number of hydrogen-bond donors (Lipinski definition) is 0. The van der Waals surface area contributed by atoms with E-state index in [1.165, 1.54) is 18.2 Å². The summed E-state index contributed by atoms with van der Waals surface area (Å²) in [6.45, 7) is 1.76. The molecule has 2 aromatic carbocycles. The molecule has 0 aliphatic rings. The molecule has 0 unspecified atom stereocenters. The predicted molar refractivity (Wildman–Crippen MR) is 72.8 cm³/mol. The van der Waals surface area contributed by atoms with Gasteiger partial charge in [0.25, 0.3) is 5.78 Å². The molecule has 0 radical (unpaired) electrons. The lowest BCUT2D eigenvalue weighted by Crippen LogP contribution is -2.18. The van der Waals surface area contributed by atoms with Crippen LogP contribution in [-0.4, -0.2) is 18.4 Å². The van der Waals surface area contributed by atoms with Gasteiger partial charge in [0.2, 0.25) is 0 Å². The molecule has 3 nitrogen and oxygen atoms in total. The number of halogens is 1. The van der Waals surface area contributed by atoms with E-state index in [4.69, 9.17) is 4.74 Å². The lowest BCUT2D eigenvalue weighted by atomic mass is 9.97. The molecule has 0 saturated carbocycles. The van der Waals surface area contributed by atoms with Gasteiger partial charge in [-0.05, 0) is 30.2 Å². The van der Waals surface area contributed by atoms with Crippen LogP contribution >= 0.6 is 0 Å². The fraction of sp³-hybridized carbons (Fsp3) is 0.125. The van der Waals surface area contributed by atoms with E-state index >= 15 is 0 Å². The first-order chi connectivity index (χ1) is 9.63. The van der Waals surface area contributed by atoms with Crippen molar-refractivity contribution in [2.45, 2.75) is 6.92 Å². The van der Waals surface area contributed by atoms with Gasteiger partial charge in [0.1, 0.15) is 5.82 Å². The van der Waals surface area contributed by atoms with Crippen molar-refractivity contribution >= 4 is 11.8 Å². The molecule has 0 N–H and O–H groups in total. The molecule has 2 rings (SSSR count). The third-order valence-electron chi connectivity index (χ3n) is 2.77. The number of rotatable bonds is 4. The Balaban J connectivity index is 2.46. The number of carbonyl (C=O) groups is 2. The van der Waals surface area contributed by atoms with Gasteiger partial charge in [-0.1, -0.05) is 36.4 Å². The van der Waals surface area contributed by atoms with E-state index < -0.39 is 17.6 Å². The maximum absolute atomic E-state index is 13.3. The molecule has 0 fully saturated rings. The third-order valence-corrected chi connectivity index (χ3v) is 2.77. The zero-order valence-electron chi connectivity index (χ0n) is 10.9. The van der Waals surface area contributed by atoms with Crippen LogP contribution in [0.5, 0.6) is 0 Å².